The van der Waals surface area contributed by atoms with Crippen LogP contribution >= 0.6 is 0 Å². The van der Waals surface area contributed by atoms with Crippen LogP contribution in [0.1, 0.15) is 40.5 Å². The van der Waals surface area contributed by atoms with Crippen LogP contribution in [0.25, 0.3) is 16.8 Å². The van der Waals surface area contributed by atoms with Gasteiger partial charge in [-0.3, -0.25) is 24.2 Å². The quantitative estimate of drug-likeness (QED) is 0.412. The molecule has 0 bridgehead atoms. The van der Waals surface area contributed by atoms with Crippen LogP contribution in [-0.4, -0.2) is 66.8 Å². The Morgan fingerprint density at radius 1 is 1.14 bits per heavy atom. The number of carbonyl (C=O) groups excluding carboxylic acids is 2. The molecule has 1 aromatic carbocycles. The minimum Gasteiger partial charge on any atom is -0.351 e. The van der Waals surface area contributed by atoms with E-state index in [4.69, 9.17) is 0 Å². The number of carbonyl (C=O) groups is 2. The van der Waals surface area contributed by atoms with Gasteiger partial charge in [-0.1, -0.05) is 0 Å². The number of nitrogens with one attached hydrogen (secondary N) is 2. The summed E-state index contributed by atoms with van der Waals surface area (Å²) in [6.07, 6.45) is 10.5. The first-order valence-corrected chi connectivity index (χ1v) is 11.8. The number of benzene rings is 1. The Bertz CT molecular complexity index is 1430. The number of halogens is 1. The molecule has 10 nitrogen and oxygen atoms in total. The number of hydrogen-bond acceptors (Lipinski definition) is 6. The third-order valence-corrected chi connectivity index (χ3v) is 6.50. The molecule has 4 aromatic rings. The van der Waals surface area contributed by atoms with E-state index in [1.165, 1.54) is 47.9 Å². The van der Waals surface area contributed by atoms with Crippen LogP contribution in [0.15, 0.2) is 49.2 Å². The first kappa shape index (κ1) is 23.6. The minimum absolute atomic E-state index is 0.0832. The second kappa shape index (κ2) is 9.86. The lowest BCUT2D eigenvalue weighted by Crippen LogP contribution is -2.36. The molecule has 2 N–H and O–H groups in total. The molecule has 11 heteroatoms. The number of aryl methyl sites for hydroxylation is 1. The van der Waals surface area contributed by atoms with Gasteiger partial charge in [-0.25, -0.2) is 8.91 Å². The Balaban J connectivity index is 1.27. The first-order chi connectivity index (χ1) is 17.4. The van der Waals surface area contributed by atoms with Crippen LogP contribution in [0.5, 0.6) is 0 Å². The number of aromatic nitrogens is 5. The molecule has 0 radical (unpaired) electrons. The van der Waals surface area contributed by atoms with Gasteiger partial charge in [-0.2, -0.15) is 10.2 Å². The lowest BCUT2D eigenvalue weighted by molar-refractivity contribution is 0.0946. The fraction of sp³-hybridized carbons (Fsp3) is 0.320. The molecular weight excluding hydrogens is 463 g/mol. The van der Waals surface area contributed by atoms with Crippen LogP contribution in [-0.2, 0) is 7.05 Å². The highest BCUT2D eigenvalue weighted by Crippen LogP contribution is 2.21. The summed E-state index contributed by atoms with van der Waals surface area (Å²) in [5.41, 5.74) is 2.34. The summed E-state index contributed by atoms with van der Waals surface area (Å²) in [5.74, 6) is -1.51. The van der Waals surface area contributed by atoms with Crippen molar-refractivity contribution in [3.05, 3.63) is 66.1 Å². The highest BCUT2D eigenvalue weighted by atomic mass is 19.1. The van der Waals surface area contributed by atoms with Gasteiger partial charge in [-0.15, -0.1) is 0 Å². The Labute approximate surface area is 207 Å². The second-order valence-corrected chi connectivity index (χ2v) is 9.00. The molecular formula is C25H27FN8O2. The largest absolute Gasteiger partial charge is 0.351 e. The lowest BCUT2D eigenvalue weighted by Gasteiger charge is -2.20. The van der Waals surface area contributed by atoms with Crippen molar-refractivity contribution < 1.29 is 14.0 Å². The van der Waals surface area contributed by atoms with Crippen molar-refractivity contribution in [2.75, 3.05) is 25.0 Å². The molecule has 3 aromatic heterocycles. The molecule has 1 aliphatic rings. The fourth-order valence-electron chi connectivity index (χ4n) is 4.45. The number of fused-ring (bicyclic) bond motifs is 1. The number of anilines is 1. The molecule has 0 aliphatic carbocycles. The van der Waals surface area contributed by atoms with E-state index < -0.39 is 11.7 Å². The predicted octanol–water partition coefficient (Wildman–Crippen LogP) is 2.74. The average molecular weight is 491 g/mol. The van der Waals surface area contributed by atoms with Crippen LogP contribution in [0.4, 0.5) is 10.1 Å². The van der Waals surface area contributed by atoms with Crippen LogP contribution < -0.4 is 10.6 Å². The zero-order valence-corrected chi connectivity index (χ0v) is 20.1. The third kappa shape index (κ3) is 4.82. The van der Waals surface area contributed by atoms with Gasteiger partial charge in [0.25, 0.3) is 11.8 Å². The van der Waals surface area contributed by atoms with E-state index in [0.29, 0.717) is 23.8 Å². The van der Waals surface area contributed by atoms with Gasteiger partial charge in [0.15, 0.2) is 0 Å². The van der Waals surface area contributed by atoms with Crippen LogP contribution in [0, 0.1) is 5.82 Å². The SMILES string of the molecule is C[C@H]1CCCN1CCNC(=O)c1ccc(F)c(NC(=O)c2cnn3cc(-c4cnn(C)c4)ncc23)c1. The van der Waals surface area contributed by atoms with Crippen molar-refractivity contribution in [2.45, 2.75) is 25.8 Å². The summed E-state index contributed by atoms with van der Waals surface area (Å²) in [6, 6.07) is 4.43. The molecule has 1 fully saturated rings. The van der Waals surface area contributed by atoms with E-state index >= 15 is 0 Å². The number of rotatable bonds is 7. The fourth-order valence-corrected chi connectivity index (χ4v) is 4.45. The maximum atomic E-state index is 14.5. The molecule has 1 saturated heterocycles. The molecule has 4 heterocycles. The van der Waals surface area contributed by atoms with Crippen molar-refractivity contribution in [2.24, 2.45) is 7.05 Å². The van der Waals surface area contributed by atoms with Gasteiger partial charge in [0.1, 0.15) is 5.82 Å². The predicted molar refractivity (Wildman–Crippen MR) is 132 cm³/mol. The van der Waals surface area contributed by atoms with Gasteiger partial charge in [0.2, 0.25) is 0 Å². The topological polar surface area (TPSA) is 109 Å². The molecule has 5 rings (SSSR count). The molecule has 0 unspecified atom stereocenters. The lowest BCUT2D eigenvalue weighted by atomic mass is 10.1. The smallest absolute Gasteiger partial charge is 0.259 e. The molecule has 1 atom stereocenters. The standard InChI is InChI=1S/C25H27FN8O2/c1-16-4-3-8-33(16)9-7-27-24(35)17-5-6-20(26)21(10-17)31-25(36)19-12-30-34-15-22(28-13-23(19)34)18-11-29-32(2)14-18/h5-6,10-16H,3-4,7-9H2,1-2H3,(H,27,35)(H,31,36)/t16-/m0/s1. The van der Waals surface area contributed by atoms with Gasteiger partial charge in [0.05, 0.1) is 47.2 Å². The van der Waals surface area contributed by atoms with Crippen molar-refractivity contribution in [3.63, 3.8) is 0 Å². The number of nitrogens with zero attached hydrogens (tertiary/aromatic N) is 6. The van der Waals surface area contributed by atoms with E-state index in [0.717, 1.165) is 18.7 Å². The zero-order chi connectivity index (χ0) is 25.2. The monoisotopic (exact) mass is 490 g/mol. The average Bonchev–Trinajstić information content (AvgIpc) is 3.60. The Hall–Kier alpha value is -4.12. The van der Waals surface area contributed by atoms with E-state index in [1.807, 2.05) is 13.2 Å². The number of hydrogen-bond donors (Lipinski definition) is 2. The summed E-state index contributed by atoms with van der Waals surface area (Å²) in [4.78, 5) is 32.3. The van der Waals surface area contributed by atoms with Gasteiger partial charge in [0, 0.05) is 43.5 Å². The molecule has 36 heavy (non-hydrogen) atoms. The van der Waals surface area contributed by atoms with E-state index in [9.17, 15) is 14.0 Å². The maximum absolute atomic E-state index is 14.5. The molecule has 2 amide bonds. The van der Waals surface area contributed by atoms with E-state index in [2.05, 4.69) is 37.6 Å². The maximum Gasteiger partial charge on any atom is 0.259 e. The number of likely N-dealkylation sites (tertiary alicyclic amines) is 1. The number of amides is 2. The minimum atomic E-state index is -0.640. The van der Waals surface area contributed by atoms with Crippen molar-refractivity contribution in [1.82, 2.24) is 34.6 Å². The Morgan fingerprint density at radius 2 is 2.00 bits per heavy atom. The Morgan fingerprint density at radius 3 is 2.75 bits per heavy atom. The third-order valence-electron chi connectivity index (χ3n) is 6.50. The van der Waals surface area contributed by atoms with Gasteiger partial charge >= 0.3 is 0 Å². The van der Waals surface area contributed by atoms with Crippen LogP contribution in [0.3, 0.4) is 0 Å². The van der Waals surface area contributed by atoms with Gasteiger partial charge in [-0.05, 0) is 44.5 Å². The zero-order valence-electron chi connectivity index (χ0n) is 20.1. The van der Waals surface area contributed by atoms with Crippen molar-refractivity contribution in [3.8, 4) is 11.3 Å². The summed E-state index contributed by atoms with van der Waals surface area (Å²) in [6.45, 7) is 4.48. The highest BCUT2D eigenvalue weighted by Gasteiger charge is 2.20. The second-order valence-electron chi connectivity index (χ2n) is 9.00. The summed E-state index contributed by atoms with van der Waals surface area (Å²) in [5, 5.41) is 13.8. The first-order valence-electron chi connectivity index (χ1n) is 11.8. The Kier molecular flexibility index (Phi) is 6.47. The molecule has 1 aliphatic heterocycles. The molecule has 0 saturated carbocycles. The highest BCUT2D eigenvalue weighted by molar-refractivity contribution is 6.09. The normalized spacial score (nSPS) is 15.9. The summed E-state index contributed by atoms with van der Waals surface area (Å²) >= 11 is 0. The van der Waals surface area contributed by atoms with Crippen molar-refractivity contribution >= 4 is 23.0 Å². The molecule has 0 spiro atoms. The summed E-state index contributed by atoms with van der Waals surface area (Å²) < 4.78 is 17.7. The van der Waals surface area contributed by atoms with E-state index in [-0.39, 0.29) is 22.7 Å². The van der Waals surface area contributed by atoms with Crippen LogP contribution in [0.2, 0.25) is 0 Å². The summed E-state index contributed by atoms with van der Waals surface area (Å²) in [7, 11) is 1.81. The van der Waals surface area contributed by atoms with E-state index in [1.54, 1.807) is 17.1 Å². The molecule has 186 valence electrons. The van der Waals surface area contributed by atoms with Gasteiger partial charge < -0.3 is 10.6 Å². The van der Waals surface area contributed by atoms with Crippen molar-refractivity contribution in [1.29, 1.82) is 0 Å².